The van der Waals surface area contributed by atoms with Gasteiger partial charge in [-0.25, -0.2) is 4.79 Å². The number of amides is 2. The van der Waals surface area contributed by atoms with Crippen molar-refractivity contribution >= 4 is 12.0 Å². The monoisotopic (exact) mass is 290 g/mol. The van der Waals surface area contributed by atoms with Gasteiger partial charge >= 0.3 is 6.09 Å². The van der Waals surface area contributed by atoms with E-state index in [1.807, 2.05) is 51.1 Å². The Morgan fingerprint density at radius 3 is 2.48 bits per heavy atom. The molecule has 1 atom stereocenters. The smallest absolute Gasteiger partial charge is 0.412 e. The highest BCUT2D eigenvalue weighted by molar-refractivity contribution is 5.86. The lowest BCUT2D eigenvalue weighted by molar-refractivity contribution is -0.127. The second-order valence-electron chi connectivity index (χ2n) is 6.41. The molecule has 0 saturated carbocycles. The number of likely N-dealkylation sites (N-methyl/N-ethyl adjacent to an activating group) is 1. The summed E-state index contributed by atoms with van der Waals surface area (Å²) in [5, 5.41) is 0. The summed E-state index contributed by atoms with van der Waals surface area (Å²) in [6.45, 7) is 6.30. The Bertz CT molecular complexity index is 522. The number of carbonyl (C=O) groups excluding carboxylic acids is 2. The lowest BCUT2D eigenvalue weighted by Crippen LogP contribution is -2.49. The van der Waals surface area contributed by atoms with Crippen LogP contribution < -0.4 is 0 Å². The molecule has 2 rings (SSSR count). The summed E-state index contributed by atoms with van der Waals surface area (Å²) in [5.74, 6) is -0.0633. The molecule has 0 unspecified atom stereocenters. The molecule has 5 heteroatoms. The summed E-state index contributed by atoms with van der Waals surface area (Å²) in [5.41, 5.74) is 0.698. The first-order chi connectivity index (χ1) is 9.80. The molecule has 0 bridgehead atoms. The number of nitrogens with zero attached hydrogens (tertiary/aromatic N) is 2. The van der Waals surface area contributed by atoms with Crippen molar-refractivity contribution in [2.75, 3.05) is 13.6 Å². The van der Waals surface area contributed by atoms with Gasteiger partial charge in [-0.1, -0.05) is 51.1 Å². The Balaban J connectivity index is 2.05. The molecule has 0 N–H and O–H groups in total. The number of rotatable bonds is 2. The summed E-state index contributed by atoms with van der Waals surface area (Å²) in [6.07, 6.45) is -0.732. The molecule has 2 amide bonds. The van der Waals surface area contributed by atoms with Crippen LogP contribution in [0.25, 0.3) is 0 Å². The normalized spacial score (nSPS) is 19.0. The minimum absolute atomic E-state index is 0.0633. The quantitative estimate of drug-likeness (QED) is 0.840. The van der Waals surface area contributed by atoms with E-state index in [9.17, 15) is 9.59 Å². The maximum atomic E-state index is 12.3. The molecule has 0 aromatic heterocycles. The van der Waals surface area contributed by atoms with Crippen LogP contribution in [0, 0.1) is 5.41 Å². The fourth-order valence-corrected chi connectivity index (χ4v) is 2.70. The third-order valence-corrected chi connectivity index (χ3v) is 3.58. The fourth-order valence-electron chi connectivity index (χ4n) is 2.70. The minimum Gasteiger partial charge on any atom is -0.444 e. The van der Waals surface area contributed by atoms with E-state index in [1.165, 1.54) is 4.90 Å². The molecule has 1 aliphatic heterocycles. The van der Waals surface area contributed by atoms with E-state index in [0.29, 0.717) is 0 Å². The van der Waals surface area contributed by atoms with Gasteiger partial charge in [-0.15, -0.1) is 0 Å². The largest absolute Gasteiger partial charge is 0.444 e. The van der Waals surface area contributed by atoms with Crippen LogP contribution in [0.4, 0.5) is 4.79 Å². The third kappa shape index (κ3) is 3.35. The lowest BCUT2D eigenvalue weighted by atomic mass is 9.91. The average Bonchev–Trinajstić information content (AvgIpc) is 2.73. The molecule has 1 aliphatic rings. The van der Waals surface area contributed by atoms with E-state index in [-0.39, 0.29) is 30.6 Å². The Morgan fingerprint density at radius 1 is 1.29 bits per heavy atom. The van der Waals surface area contributed by atoms with Crippen molar-refractivity contribution in [3.63, 3.8) is 0 Å². The zero-order valence-corrected chi connectivity index (χ0v) is 13.0. The summed E-state index contributed by atoms with van der Waals surface area (Å²) in [4.78, 5) is 27.3. The number of hydrogen-bond donors (Lipinski definition) is 0. The van der Waals surface area contributed by atoms with Crippen LogP contribution in [0.15, 0.2) is 30.3 Å². The predicted molar refractivity (Wildman–Crippen MR) is 79.3 cm³/mol. The zero-order chi connectivity index (χ0) is 15.6. The van der Waals surface area contributed by atoms with Gasteiger partial charge in [0.25, 0.3) is 0 Å². The lowest BCUT2D eigenvalue weighted by Gasteiger charge is -2.37. The second kappa shape index (κ2) is 5.76. The van der Waals surface area contributed by atoms with Crippen molar-refractivity contribution < 1.29 is 14.3 Å². The van der Waals surface area contributed by atoms with Crippen LogP contribution in [0.1, 0.15) is 26.3 Å². The molecule has 0 radical (unpaired) electrons. The van der Waals surface area contributed by atoms with Crippen LogP contribution in [-0.2, 0) is 16.1 Å². The second-order valence-corrected chi connectivity index (χ2v) is 6.41. The van der Waals surface area contributed by atoms with Gasteiger partial charge in [-0.3, -0.25) is 9.69 Å². The van der Waals surface area contributed by atoms with Crippen molar-refractivity contribution in [1.82, 2.24) is 9.80 Å². The SMILES string of the molecule is CN1C(=O)CN(C(=O)OCc2ccccc2)[C@H]1C(C)(C)C. The minimum atomic E-state index is -0.448. The van der Waals surface area contributed by atoms with Gasteiger partial charge in [-0.05, 0) is 5.56 Å². The van der Waals surface area contributed by atoms with Gasteiger partial charge in [0, 0.05) is 12.5 Å². The van der Waals surface area contributed by atoms with E-state index in [0.717, 1.165) is 5.56 Å². The van der Waals surface area contributed by atoms with E-state index < -0.39 is 6.09 Å². The van der Waals surface area contributed by atoms with Crippen LogP contribution in [0.5, 0.6) is 0 Å². The van der Waals surface area contributed by atoms with Crippen molar-refractivity contribution in [2.45, 2.75) is 33.5 Å². The number of ether oxygens (including phenoxy) is 1. The standard InChI is InChI=1S/C16H22N2O3/c1-16(2,3)14-17(4)13(19)10-18(14)15(20)21-11-12-8-6-5-7-9-12/h5-9,14H,10-11H2,1-4H3/t14-/m0/s1. The molecule has 0 spiro atoms. The van der Waals surface area contributed by atoms with Gasteiger partial charge in [-0.2, -0.15) is 0 Å². The number of carbonyl (C=O) groups is 2. The fraction of sp³-hybridized carbons (Fsp3) is 0.500. The number of hydrogen-bond acceptors (Lipinski definition) is 3. The first-order valence-corrected chi connectivity index (χ1v) is 7.03. The Kier molecular flexibility index (Phi) is 4.21. The summed E-state index contributed by atoms with van der Waals surface area (Å²) in [6, 6.07) is 9.50. The molecule has 114 valence electrons. The molecule has 5 nitrogen and oxygen atoms in total. The Hall–Kier alpha value is -2.04. The van der Waals surface area contributed by atoms with Crippen molar-refractivity contribution in [1.29, 1.82) is 0 Å². The summed E-state index contributed by atoms with van der Waals surface area (Å²) in [7, 11) is 1.72. The first-order valence-electron chi connectivity index (χ1n) is 7.03. The maximum Gasteiger partial charge on any atom is 0.412 e. The van der Waals surface area contributed by atoms with Gasteiger partial charge in [0.15, 0.2) is 0 Å². The molecule has 1 fully saturated rings. The topological polar surface area (TPSA) is 49.9 Å². The van der Waals surface area contributed by atoms with Gasteiger partial charge in [0.05, 0.1) is 0 Å². The van der Waals surface area contributed by atoms with E-state index in [4.69, 9.17) is 4.74 Å². The first kappa shape index (κ1) is 15.4. The van der Waals surface area contributed by atoms with Gasteiger partial charge in [0.1, 0.15) is 19.3 Å². The third-order valence-electron chi connectivity index (χ3n) is 3.58. The molecule has 21 heavy (non-hydrogen) atoms. The van der Waals surface area contributed by atoms with Crippen molar-refractivity contribution in [3.05, 3.63) is 35.9 Å². The molecular weight excluding hydrogens is 268 g/mol. The van der Waals surface area contributed by atoms with Gasteiger partial charge < -0.3 is 9.64 Å². The zero-order valence-electron chi connectivity index (χ0n) is 13.0. The molecule has 1 heterocycles. The highest BCUT2D eigenvalue weighted by atomic mass is 16.6. The van der Waals surface area contributed by atoms with Crippen LogP contribution in [-0.4, -0.2) is 41.6 Å². The van der Waals surface area contributed by atoms with Crippen molar-refractivity contribution in [2.24, 2.45) is 5.41 Å². The Morgan fingerprint density at radius 2 is 1.90 bits per heavy atom. The molecule has 0 aliphatic carbocycles. The maximum absolute atomic E-state index is 12.3. The summed E-state index contributed by atoms with van der Waals surface area (Å²) < 4.78 is 5.34. The molecule has 1 aromatic rings. The molecular formula is C16H22N2O3. The van der Waals surface area contributed by atoms with E-state index >= 15 is 0 Å². The van der Waals surface area contributed by atoms with E-state index in [2.05, 4.69) is 0 Å². The van der Waals surface area contributed by atoms with Crippen molar-refractivity contribution in [3.8, 4) is 0 Å². The summed E-state index contributed by atoms with van der Waals surface area (Å²) >= 11 is 0. The van der Waals surface area contributed by atoms with Crippen LogP contribution >= 0.6 is 0 Å². The van der Waals surface area contributed by atoms with Gasteiger partial charge in [0.2, 0.25) is 5.91 Å². The predicted octanol–water partition coefficient (Wildman–Crippen LogP) is 2.47. The highest BCUT2D eigenvalue weighted by Gasteiger charge is 2.45. The number of benzene rings is 1. The van der Waals surface area contributed by atoms with Crippen LogP contribution in [0.3, 0.4) is 0 Å². The average molecular weight is 290 g/mol. The highest BCUT2D eigenvalue weighted by Crippen LogP contribution is 2.31. The Labute approximate surface area is 125 Å². The molecule has 1 aromatic carbocycles. The van der Waals surface area contributed by atoms with E-state index in [1.54, 1.807) is 11.9 Å². The van der Waals surface area contributed by atoms with Crippen LogP contribution in [0.2, 0.25) is 0 Å². The molecule has 1 saturated heterocycles.